The van der Waals surface area contributed by atoms with Crippen LogP contribution in [0.5, 0.6) is 0 Å². The molecule has 1 aromatic heterocycles. The summed E-state index contributed by atoms with van der Waals surface area (Å²) in [6.45, 7) is -0.0241. The van der Waals surface area contributed by atoms with E-state index in [0.29, 0.717) is 11.9 Å². The van der Waals surface area contributed by atoms with E-state index in [1.807, 2.05) is 6.07 Å². The number of anilines is 2. The normalized spacial score (nSPS) is 14.7. The van der Waals surface area contributed by atoms with Gasteiger partial charge < -0.3 is 16.4 Å². The van der Waals surface area contributed by atoms with Gasteiger partial charge in [0.2, 0.25) is 5.91 Å². The first kappa shape index (κ1) is 9.92. The molecule has 1 amide bonds. The van der Waals surface area contributed by atoms with E-state index < -0.39 is 0 Å². The van der Waals surface area contributed by atoms with E-state index in [0.717, 1.165) is 5.69 Å². The predicted molar refractivity (Wildman–Crippen MR) is 58.6 cm³/mol. The minimum atomic E-state index is -0.231. The van der Waals surface area contributed by atoms with Gasteiger partial charge in [0.05, 0.1) is 18.4 Å². The highest BCUT2D eigenvalue weighted by molar-refractivity contribution is 5.91. The molecule has 0 saturated heterocycles. The summed E-state index contributed by atoms with van der Waals surface area (Å²) in [6.07, 6.45) is 4.17. The topological polar surface area (TPSA) is 80.0 Å². The zero-order valence-corrected chi connectivity index (χ0v) is 8.36. The van der Waals surface area contributed by atoms with Crippen molar-refractivity contribution in [3.63, 3.8) is 0 Å². The highest BCUT2D eigenvalue weighted by atomic mass is 16.1. The largest absolute Gasteiger partial charge is 0.381 e. The lowest BCUT2D eigenvalue weighted by molar-refractivity contribution is -0.114. The number of hydrogen-bond acceptors (Lipinski definition) is 4. The number of carbonyl (C=O) groups is 1. The molecule has 1 aliphatic rings. The van der Waals surface area contributed by atoms with E-state index in [2.05, 4.69) is 15.6 Å². The first-order valence-corrected chi connectivity index (χ1v) is 5.00. The Morgan fingerprint density at radius 2 is 2.33 bits per heavy atom. The molecule has 2 rings (SSSR count). The van der Waals surface area contributed by atoms with Crippen molar-refractivity contribution in [2.45, 2.75) is 18.9 Å². The molecule has 1 fully saturated rings. The van der Waals surface area contributed by atoms with Crippen LogP contribution >= 0.6 is 0 Å². The monoisotopic (exact) mass is 206 g/mol. The van der Waals surface area contributed by atoms with Crippen LogP contribution in [-0.2, 0) is 4.79 Å². The summed E-state index contributed by atoms with van der Waals surface area (Å²) in [6, 6.07) is 4.27. The minimum absolute atomic E-state index is 0.0241. The molecule has 0 aliphatic heterocycles. The Morgan fingerprint density at radius 3 is 2.87 bits per heavy atom. The molecule has 1 aliphatic carbocycles. The quantitative estimate of drug-likeness (QED) is 0.672. The number of hydrogen-bond donors (Lipinski definition) is 3. The summed E-state index contributed by atoms with van der Waals surface area (Å²) in [4.78, 5) is 15.1. The van der Waals surface area contributed by atoms with E-state index in [9.17, 15) is 4.79 Å². The maximum Gasteiger partial charge on any atom is 0.239 e. The lowest BCUT2D eigenvalue weighted by Gasteiger charge is -2.05. The van der Waals surface area contributed by atoms with Crippen molar-refractivity contribution < 1.29 is 4.79 Å². The molecule has 1 saturated carbocycles. The van der Waals surface area contributed by atoms with E-state index in [1.165, 1.54) is 12.8 Å². The van der Waals surface area contributed by atoms with Gasteiger partial charge in [-0.15, -0.1) is 0 Å². The van der Waals surface area contributed by atoms with Crippen molar-refractivity contribution >= 4 is 17.4 Å². The Balaban J connectivity index is 1.93. The molecule has 1 heterocycles. The Labute approximate surface area is 88.1 Å². The van der Waals surface area contributed by atoms with Crippen LogP contribution in [0.4, 0.5) is 11.5 Å². The molecule has 0 atom stereocenters. The van der Waals surface area contributed by atoms with Gasteiger partial charge in [0.25, 0.3) is 0 Å². The SMILES string of the molecule is NCC(=O)Nc1ccc(NC2CC2)cn1. The second kappa shape index (κ2) is 4.27. The highest BCUT2D eigenvalue weighted by Gasteiger charge is 2.20. The number of nitrogens with one attached hydrogen (secondary N) is 2. The number of aromatic nitrogens is 1. The predicted octanol–water partition coefficient (Wildman–Crippen LogP) is 0.553. The fourth-order valence-corrected chi connectivity index (χ4v) is 1.21. The van der Waals surface area contributed by atoms with Gasteiger partial charge in [0.1, 0.15) is 5.82 Å². The molecule has 4 N–H and O–H groups in total. The molecule has 5 heteroatoms. The minimum Gasteiger partial charge on any atom is -0.381 e. The zero-order valence-electron chi connectivity index (χ0n) is 8.36. The number of nitrogens with zero attached hydrogens (tertiary/aromatic N) is 1. The molecule has 0 bridgehead atoms. The van der Waals surface area contributed by atoms with Crippen LogP contribution in [0.15, 0.2) is 18.3 Å². The fourth-order valence-electron chi connectivity index (χ4n) is 1.21. The third-order valence-electron chi connectivity index (χ3n) is 2.16. The molecule has 15 heavy (non-hydrogen) atoms. The molecule has 0 aromatic carbocycles. The van der Waals surface area contributed by atoms with Gasteiger partial charge in [-0.1, -0.05) is 0 Å². The number of rotatable bonds is 4. The summed E-state index contributed by atoms with van der Waals surface area (Å²) < 4.78 is 0. The van der Waals surface area contributed by atoms with E-state index in [-0.39, 0.29) is 12.5 Å². The van der Waals surface area contributed by atoms with Crippen LogP contribution in [0.3, 0.4) is 0 Å². The number of amides is 1. The molecular weight excluding hydrogens is 192 g/mol. The average Bonchev–Trinajstić information content (AvgIpc) is 3.05. The van der Waals surface area contributed by atoms with Crippen molar-refractivity contribution in [2.24, 2.45) is 5.73 Å². The number of nitrogens with two attached hydrogens (primary N) is 1. The summed E-state index contributed by atoms with van der Waals surface area (Å²) in [7, 11) is 0. The average molecular weight is 206 g/mol. The van der Waals surface area contributed by atoms with Gasteiger partial charge >= 0.3 is 0 Å². The van der Waals surface area contributed by atoms with Crippen LogP contribution in [0.2, 0.25) is 0 Å². The van der Waals surface area contributed by atoms with Crippen molar-refractivity contribution in [1.29, 1.82) is 0 Å². The number of carbonyl (C=O) groups excluding carboxylic acids is 1. The maximum absolute atomic E-state index is 11.0. The van der Waals surface area contributed by atoms with Crippen LogP contribution in [0, 0.1) is 0 Å². The molecule has 1 aromatic rings. The van der Waals surface area contributed by atoms with Gasteiger partial charge in [-0.05, 0) is 25.0 Å². The van der Waals surface area contributed by atoms with Crippen LogP contribution in [0.25, 0.3) is 0 Å². The van der Waals surface area contributed by atoms with Crippen molar-refractivity contribution in [1.82, 2.24) is 4.98 Å². The highest BCUT2D eigenvalue weighted by Crippen LogP contribution is 2.24. The Bertz CT molecular complexity index is 345. The van der Waals surface area contributed by atoms with E-state index in [1.54, 1.807) is 12.3 Å². The van der Waals surface area contributed by atoms with Gasteiger partial charge in [0, 0.05) is 6.04 Å². The van der Waals surface area contributed by atoms with Crippen LogP contribution in [-0.4, -0.2) is 23.5 Å². The molecule has 5 nitrogen and oxygen atoms in total. The molecule has 0 unspecified atom stereocenters. The Kier molecular flexibility index (Phi) is 2.82. The molecule has 80 valence electrons. The van der Waals surface area contributed by atoms with Crippen LogP contribution in [0.1, 0.15) is 12.8 Å². The summed E-state index contributed by atoms with van der Waals surface area (Å²) in [5.74, 6) is 0.303. The van der Waals surface area contributed by atoms with Crippen LogP contribution < -0.4 is 16.4 Å². The summed E-state index contributed by atoms with van der Waals surface area (Å²) in [5.41, 5.74) is 6.16. The smallest absolute Gasteiger partial charge is 0.239 e. The third kappa shape index (κ3) is 2.92. The number of pyridine rings is 1. The Hall–Kier alpha value is -1.62. The van der Waals surface area contributed by atoms with Gasteiger partial charge in [-0.25, -0.2) is 4.98 Å². The van der Waals surface area contributed by atoms with E-state index in [4.69, 9.17) is 5.73 Å². The van der Waals surface area contributed by atoms with Gasteiger partial charge in [-0.2, -0.15) is 0 Å². The second-order valence-electron chi connectivity index (χ2n) is 3.60. The van der Waals surface area contributed by atoms with E-state index >= 15 is 0 Å². The second-order valence-corrected chi connectivity index (χ2v) is 3.60. The molecular formula is C10H14N4O. The van der Waals surface area contributed by atoms with Gasteiger partial charge in [-0.3, -0.25) is 4.79 Å². The lowest BCUT2D eigenvalue weighted by atomic mass is 10.4. The van der Waals surface area contributed by atoms with Crippen molar-refractivity contribution in [3.05, 3.63) is 18.3 Å². The maximum atomic E-state index is 11.0. The van der Waals surface area contributed by atoms with Crippen molar-refractivity contribution in [2.75, 3.05) is 17.2 Å². The molecule has 0 radical (unpaired) electrons. The zero-order chi connectivity index (χ0) is 10.7. The molecule has 0 spiro atoms. The standard InChI is InChI=1S/C10H14N4O/c11-5-10(15)14-9-4-3-8(6-12-9)13-7-1-2-7/h3-4,6-7,13H,1-2,5,11H2,(H,12,14,15). The lowest BCUT2D eigenvalue weighted by Crippen LogP contribution is -2.22. The summed E-state index contributed by atoms with van der Waals surface area (Å²) in [5, 5.41) is 5.90. The fraction of sp³-hybridized carbons (Fsp3) is 0.400. The first-order chi connectivity index (χ1) is 7.28. The van der Waals surface area contributed by atoms with Gasteiger partial charge in [0.15, 0.2) is 0 Å². The van der Waals surface area contributed by atoms with Crippen molar-refractivity contribution in [3.8, 4) is 0 Å². The third-order valence-corrected chi connectivity index (χ3v) is 2.16. The first-order valence-electron chi connectivity index (χ1n) is 5.00. The Morgan fingerprint density at radius 1 is 1.53 bits per heavy atom. The summed E-state index contributed by atoms with van der Waals surface area (Å²) >= 11 is 0.